The fourth-order valence-corrected chi connectivity index (χ4v) is 10.2. The lowest BCUT2D eigenvalue weighted by Gasteiger charge is -2.32. The molecule has 0 spiro atoms. The second-order valence-corrected chi connectivity index (χ2v) is 12.9. The summed E-state index contributed by atoms with van der Waals surface area (Å²) >= 11 is 0. The lowest BCUT2D eigenvalue weighted by Crippen LogP contribution is -2.33. The molecule has 0 fully saturated rings. The number of ether oxygens (including phenoxy) is 1. The van der Waals surface area contributed by atoms with Crippen LogP contribution in [0.1, 0.15) is 40.7 Å². The average molecular weight is 466 g/mol. The van der Waals surface area contributed by atoms with Gasteiger partial charge in [0.2, 0.25) is 0 Å². The van der Waals surface area contributed by atoms with Crippen molar-refractivity contribution in [2.45, 2.75) is 45.7 Å². The molecule has 0 radical (unpaired) electrons. The molecule has 0 saturated carbocycles. The highest BCUT2D eigenvalue weighted by atomic mass is 31.2. The molecule has 4 aromatic carbocycles. The Morgan fingerprint density at radius 2 is 1.06 bits per heavy atom. The highest BCUT2D eigenvalue weighted by Gasteiger charge is 2.46. The molecule has 0 bridgehead atoms. The third kappa shape index (κ3) is 3.87. The van der Waals surface area contributed by atoms with E-state index in [1.54, 1.807) is 11.1 Å². The maximum Gasteiger partial charge on any atom is 0.125 e. The van der Waals surface area contributed by atoms with Crippen LogP contribution in [0.3, 0.4) is 0 Å². The van der Waals surface area contributed by atoms with Crippen LogP contribution in [0.25, 0.3) is 0 Å². The molecule has 0 heterocycles. The molecule has 172 valence electrons. The highest BCUT2D eigenvalue weighted by molar-refractivity contribution is 7.95. The summed E-state index contributed by atoms with van der Waals surface area (Å²) in [5.41, 5.74) is 7.28. The third-order valence-electron chi connectivity index (χ3n) is 7.65. The molecule has 5 rings (SSSR count). The van der Waals surface area contributed by atoms with Crippen molar-refractivity contribution in [2.24, 2.45) is 0 Å². The van der Waals surface area contributed by atoms with Crippen LogP contribution >= 0.6 is 7.26 Å². The Morgan fingerprint density at radius 3 is 1.50 bits per heavy atom. The van der Waals surface area contributed by atoms with Gasteiger partial charge in [-0.3, -0.25) is 0 Å². The Kier molecular flexibility index (Phi) is 6.57. The van der Waals surface area contributed by atoms with E-state index in [0.717, 1.165) is 24.8 Å². The number of rotatable bonds is 6. The zero-order valence-electron chi connectivity index (χ0n) is 20.6. The van der Waals surface area contributed by atoms with E-state index in [1.165, 1.54) is 45.4 Å². The van der Waals surface area contributed by atoms with Crippen molar-refractivity contribution < 1.29 is 4.74 Å². The maximum atomic E-state index is 5.97. The standard InChI is InChI=1S/C32H34OP/c1-24-25(2)32(33-3)30-22-14-13-21-29(30)31(24)23-34(26-15-7-4-8-16-26,27-17-9-5-10-18-27)28-19-11-6-12-20-28/h4-12,15-20H,13-14,21-23H2,1-3H3/q+1. The Labute approximate surface area is 205 Å². The fraction of sp³-hybridized carbons (Fsp3) is 0.250. The van der Waals surface area contributed by atoms with Gasteiger partial charge in [-0.15, -0.1) is 0 Å². The summed E-state index contributed by atoms with van der Waals surface area (Å²) in [6, 6.07) is 33.8. The Balaban J connectivity index is 1.83. The van der Waals surface area contributed by atoms with Crippen LogP contribution in [0.4, 0.5) is 0 Å². The van der Waals surface area contributed by atoms with Crippen molar-refractivity contribution in [1.29, 1.82) is 0 Å². The minimum Gasteiger partial charge on any atom is -0.496 e. The predicted molar refractivity (Wildman–Crippen MR) is 148 cm³/mol. The van der Waals surface area contributed by atoms with E-state index in [9.17, 15) is 0 Å². The number of hydrogen-bond acceptors (Lipinski definition) is 1. The summed E-state index contributed by atoms with van der Waals surface area (Å²) in [7, 11) is -0.0939. The molecular weight excluding hydrogens is 431 g/mol. The maximum absolute atomic E-state index is 5.97. The summed E-state index contributed by atoms with van der Waals surface area (Å²) in [5, 5.41) is 4.35. The SMILES string of the molecule is COc1c(C)c(C)c(C[P+](c2ccccc2)(c2ccccc2)c2ccccc2)c2c1CCCC2. The molecule has 0 amide bonds. The van der Waals surface area contributed by atoms with Gasteiger partial charge in [0, 0.05) is 0 Å². The lowest BCUT2D eigenvalue weighted by molar-refractivity contribution is 0.402. The molecular formula is C32H34OP+. The van der Waals surface area contributed by atoms with Crippen molar-refractivity contribution in [1.82, 2.24) is 0 Å². The zero-order valence-corrected chi connectivity index (χ0v) is 21.4. The quantitative estimate of drug-likeness (QED) is 0.289. The van der Waals surface area contributed by atoms with E-state index in [2.05, 4.69) is 105 Å². The van der Waals surface area contributed by atoms with Crippen LogP contribution in [0.15, 0.2) is 91.0 Å². The summed E-state index contributed by atoms with van der Waals surface area (Å²) in [6.07, 6.45) is 5.84. The minimum atomic E-state index is -1.93. The molecule has 0 atom stereocenters. The lowest BCUT2D eigenvalue weighted by atomic mass is 9.84. The molecule has 4 aromatic rings. The number of methoxy groups -OCH3 is 1. The predicted octanol–water partition coefficient (Wildman–Crippen LogP) is 6.68. The zero-order chi connectivity index (χ0) is 23.5. The van der Waals surface area contributed by atoms with Crippen molar-refractivity contribution in [3.63, 3.8) is 0 Å². The second-order valence-electron chi connectivity index (χ2n) is 9.40. The largest absolute Gasteiger partial charge is 0.496 e. The number of hydrogen-bond donors (Lipinski definition) is 0. The number of fused-ring (bicyclic) bond motifs is 1. The van der Waals surface area contributed by atoms with Crippen LogP contribution in [-0.2, 0) is 19.0 Å². The summed E-state index contributed by atoms with van der Waals surface area (Å²) in [4.78, 5) is 0. The van der Waals surface area contributed by atoms with E-state index in [-0.39, 0.29) is 0 Å². The molecule has 1 nitrogen and oxygen atoms in total. The van der Waals surface area contributed by atoms with E-state index < -0.39 is 7.26 Å². The third-order valence-corrected chi connectivity index (χ3v) is 12.0. The van der Waals surface area contributed by atoms with Gasteiger partial charge in [0.15, 0.2) is 0 Å². The van der Waals surface area contributed by atoms with Crippen LogP contribution in [0.5, 0.6) is 5.75 Å². The highest BCUT2D eigenvalue weighted by Crippen LogP contribution is 2.59. The summed E-state index contributed by atoms with van der Waals surface area (Å²) in [6.45, 7) is 4.57. The van der Waals surface area contributed by atoms with Crippen molar-refractivity contribution in [2.75, 3.05) is 7.11 Å². The first kappa shape index (κ1) is 22.9. The van der Waals surface area contributed by atoms with E-state index in [4.69, 9.17) is 4.74 Å². The molecule has 0 unspecified atom stereocenters. The molecule has 2 heteroatoms. The topological polar surface area (TPSA) is 9.23 Å². The van der Waals surface area contributed by atoms with Gasteiger partial charge in [0.1, 0.15) is 28.9 Å². The van der Waals surface area contributed by atoms with Gasteiger partial charge in [-0.25, -0.2) is 0 Å². The van der Waals surface area contributed by atoms with Crippen LogP contribution in [0.2, 0.25) is 0 Å². The van der Waals surface area contributed by atoms with Gasteiger partial charge < -0.3 is 4.74 Å². The van der Waals surface area contributed by atoms with Gasteiger partial charge >= 0.3 is 0 Å². The Morgan fingerprint density at radius 1 is 0.618 bits per heavy atom. The average Bonchev–Trinajstić information content (AvgIpc) is 2.91. The van der Waals surface area contributed by atoms with Gasteiger partial charge in [-0.05, 0) is 104 Å². The van der Waals surface area contributed by atoms with E-state index in [1.807, 2.05) is 7.11 Å². The Bertz CT molecular complexity index is 1170. The van der Waals surface area contributed by atoms with Crippen LogP contribution < -0.4 is 20.7 Å². The van der Waals surface area contributed by atoms with E-state index >= 15 is 0 Å². The minimum absolute atomic E-state index is 1.05. The smallest absolute Gasteiger partial charge is 0.125 e. The van der Waals surface area contributed by atoms with Gasteiger partial charge in [-0.1, -0.05) is 54.6 Å². The second kappa shape index (κ2) is 9.77. The summed E-state index contributed by atoms with van der Waals surface area (Å²) < 4.78 is 5.97. The molecule has 0 N–H and O–H groups in total. The van der Waals surface area contributed by atoms with E-state index in [0.29, 0.717) is 0 Å². The first-order valence-electron chi connectivity index (χ1n) is 12.4. The molecule has 1 aliphatic carbocycles. The van der Waals surface area contributed by atoms with Gasteiger partial charge in [0.25, 0.3) is 0 Å². The first-order valence-corrected chi connectivity index (χ1v) is 14.4. The fourth-order valence-electron chi connectivity index (χ4n) is 5.83. The Hall–Kier alpha value is -2.89. The van der Waals surface area contributed by atoms with Gasteiger partial charge in [-0.2, -0.15) is 0 Å². The molecule has 0 aliphatic heterocycles. The van der Waals surface area contributed by atoms with Crippen LogP contribution in [-0.4, -0.2) is 7.11 Å². The van der Waals surface area contributed by atoms with Crippen molar-refractivity contribution in [3.8, 4) is 5.75 Å². The first-order chi connectivity index (χ1) is 16.7. The van der Waals surface area contributed by atoms with Gasteiger partial charge in [0.05, 0.1) is 13.3 Å². The monoisotopic (exact) mass is 465 g/mol. The normalized spacial score (nSPS) is 13.4. The molecule has 0 saturated heterocycles. The summed E-state index contributed by atoms with van der Waals surface area (Å²) in [5.74, 6) is 1.12. The molecule has 1 aliphatic rings. The molecule has 34 heavy (non-hydrogen) atoms. The van der Waals surface area contributed by atoms with Crippen molar-refractivity contribution in [3.05, 3.63) is 119 Å². The van der Waals surface area contributed by atoms with Crippen molar-refractivity contribution >= 4 is 23.2 Å². The van der Waals surface area contributed by atoms with Crippen LogP contribution in [0, 0.1) is 13.8 Å². The molecule has 0 aromatic heterocycles. The number of benzene rings is 4.